The van der Waals surface area contributed by atoms with Crippen molar-refractivity contribution < 1.29 is 8.78 Å². The molecule has 3 N–H and O–H groups in total. The average molecular weight is 355 g/mol. The largest absolute Gasteiger partial charge is 0.271 e. The molecule has 2 nitrogen and oxygen atoms in total. The van der Waals surface area contributed by atoms with E-state index in [1.165, 1.54) is 12.1 Å². The van der Waals surface area contributed by atoms with Gasteiger partial charge in [-0.3, -0.25) is 11.3 Å². The fourth-order valence-electron chi connectivity index (χ4n) is 1.90. The van der Waals surface area contributed by atoms with Crippen LogP contribution in [0.1, 0.15) is 11.6 Å². The summed E-state index contributed by atoms with van der Waals surface area (Å²) in [7, 11) is 0. The highest BCUT2D eigenvalue weighted by Gasteiger charge is 2.30. The molecule has 0 amide bonds. The Hall–Kier alpha value is 0.180. The van der Waals surface area contributed by atoms with Crippen molar-refractivity contribution >= 4 is 39.5 Å². The summed E-state index contributed by atoms with van der Waals surface area (Å²) in [6.07, 6.45) is 0. The third kappa shape index (κ3) is 3.01. The number of hydrazine groups is 1. The highest BCUT2D eigenvalue weighted by molar-refractivity contribution is 9.10. The highest BCUT2D eigenvalue weighted by atomic mass is 79.9. The summed E-state index contributed by atoms with van der Waals surface area (Å²) in [4.78, 5) is 0. The molecule has 2 rings (SSSR count). The topological polar surface area (TPSA) is 38.0 Å². The van der Waals surface area contributed by atoms with Crippen molar-refractivity contribution in [3.63, 3.8) is 0 Å². The van der Waals surface area contributed by atoms with E-state index in [1.54, 1.807) is 23.5 Å². The molecule has 1 aromatic carbocycles. The number of thioether (sulfide) groups is 2. The molecule has 7 heteroatoms. The van der Waals surface area contributed by atoms with Gasteiger partial charge >= 0.3 is 0 Å². The second kappa shape index (κ2) is 6.56. The molecular formula is C11H13BrF2N2S2. The molecule has 0 radical (unpaired) electrons. The second-order valence-electron chi connectivity index (χ2n) is 3.89. The van der Waals surface area contributed by atoms with E-state index < -0.39 is 17.7 Å². The summed E-state index contributed by atoms with van der Waals surface area (Å²) in [6.45, 7) is 0. The van der Waals surface area contributed by atoms with Gasteiger partial charge in [-0.15, -0.1) is 0 Å². The minimum Gasteiger partial charge on any atom is -0.271 e. The average Bonchev–Trinajstić information content (AvgIpc) is 2.40. The zero-order valence-corrected chi connectivity index (χ0v) is 12.7. The van der Waals surface area contributed by atoms with Crippen molar-refractivity contribution in [1.29, 1.82) is 0 Å². The number of benzene rings is 1. The number of nitrogens with two attached hydrogens (primary N) is 1. The van der Waals surface area contributed by atoms with Crippen LogP contribution in [0.25, 0.3) is 0 Å². The van der Waals surface area contributed by atoms with Gasteiger partial charge in [-0.05, 0) is 28.1 Å². The zero-order chi connectivity index (χ0) is 13.1. The first kappa shape index (κ1) is 14.6. The van der Waals surface area contributed by atoms with E-state index in [2.05, 4.69) is 21.4 Å². The lowest BCUT2D eigenvalue weighted by Crippen LogP contribution is -2.38. The Kier molecular flexibility index (Phi) is 5.32. The van der Waals surface area contributed by atoms with Crippen LogP contribution in [0.3, 0.4) is 0 Å². The molecule has 1 heterocycles. The molecule has 1 saturated heterocycles. The van der Waals surface area contributed by atoms with Crippen molar-refractivity contribution in [1.82, 2.24) is 5.43 Å². The van der Waals surface area contributed by atoms with Gasteiger partial charge in [0.05, 0.1) is 10.5 Å². The van der Waals surface area contributed by atoms with Gasteiger partial charge < -0.3 is 0 Å². The number of hydrogen-bond donors (Lipinski definition) is 2. The molecule has 0 aliphatic carbocycles. The van der Waals surface area contributed by atoms with Crippen LogP contribution in [0.15, 0.2) is 16.6 Å². The molecule has 18 heavy (non-hydrogen) atoms. The molecule has 1 aliphatic heterocycles. The molecule has 0 bridgehead atoms. The Morgan fingerprint density at radius 3 is 2.78 bits per heavy atom. The standard InChI is InChI=1S/C11H13BrF2N2S2/c12-6-1-2-7(13)9(10(6)14)11(16-15)8-5-17-3-4-18-8/h1-2,8,11,16H,3-5,15H2. The molecule has 1 aliphatic rings. The van der Waals surface area contributed by atoms with Crippen molar-refractivity contribution in [3.8, 4) is 0 Å². The van der Waals surface area contributed by atoms with Crippen molar-refractivity contribution in [2.45, 2.75) is 11.3 Å². The number of halogens is 3. The fraction of sp³-hybridized carbons (Fsp3) is 0.455. The summed E-state index contributed by atoms with van der Waals surface area (Å²) >= 11 is 6.57. The molecule has 0 aromatic heterocycles. The van der Waals surface area contributed by atoms with Crippen LogP contribution in [0, 0.1) is 11.6 Å². The first-order chi connectivity index (χ1) is 8.65. The van der Waals surface area contributed by atoms with Gasteiger partial charge in [0.1, 0.15) is 11.6 Å². The minimum absolute atomic E-state index is 0.0203. The molecule has 100 valence electrons. The smallest absolute Gasteiger partial charge is 0.145 e. The normalized spacial score (nSPS) is 21.9. The molecule has 0 saturated carbocycles. The highest BCUT2D eigenvalue weighted by Crippen LogP contribution is 2.36. The van der Waals surface area contributed by atoms with Gasteiger partial charge in [0, 0.05) is 28.1 Å². The Morgan fingerprint density at radius 2 is 2.17 bits per heavy atom. The Morgan fingerprint density at radius 1 is 1.39 bits per heavy atom. The lowest BCUT2D eigenvalue weighted by molar-refractivity contribution is 0.471. The van der Waals surface area contributed by atoms with Gasteiger partial charge in [0.15, 0.2) is 0 Å². The summed E-state index contributed by atoms with van der Waals surface area (Å²) in [5.41, 5.74) is 2.58. The van der Waals surface area contributed by atoms with E-state index in [-0.39, 0.29) is 15.3 Å². The SMILES string of the molecule is NNC(c1c(F)ccc(Br)c1F)C1CSCCS1. The van der Waals surface area contributed by atoms with E-state index in [4.69, 9.17) is 5.84 Å². The summed E-state index contributed by atoms with van der Waals surface area (Å²) in [5.74, 6) is 7.25. The third-order valence-corrected chi connectivity index (χ3v) is 6.26. The van der Waals surface area contributed by atoms with Crippen LogP contribution in [-0.4, -0.2) is 22.5 Å². The first-order valence-corrected chi connectivity index (χ1v) is 8.43. The van der Waals surface area contributed by atoms with E-state index in [1.807, 2.05) is 0 Å². The van der Waals surface area contributed by atoms with Gasteiger partial charge in [0.25, 0.3) is 0 Å². The second-order valence-corrected chi connectivity index (χ2v) is 7.24. The third-order valence-electron chi connectivity index (χ3n) is 2.78. The zero-order valence-electron chi connectivity index (χ0n) is 9.46. The Labute approximate surface area is 122 Å². The molecule has 2 unspecified atom stereocenters. The summed E-state index contributed by atoms with van der Waals surface area (Å²) in [5, 5.41) is 0.0760. The fourth-order valence-corrected chi connectivity index (χ4v) is 5.08. The maximum absolute atomic E-state index is 14.1. The number of rotatable bonds is 3. The van der Waals surface area contributed by atoms with E-state index in [9.17, 15) is 8.78 Å². The maximum atomic E-state index is 14.1. The molecular weight excluding hydrogens is 342 g/mol. The van der Waals surface area contributed by atoms with E-state index in [0.717, 1.165) is 17.3 Å². The van der Waals surface area contributed by atoms with Gasteiger partial charge in [-0.1, -0.05) is 0 Å². The number of nitrogens with one attached hydrogen (secondary N) is 1. The predicted octanol–water partition coefficient (Wildman–Crippen LogP) is 3.08. The lowest BCUT2D eigenvalue weighted by Gasteiger charge is -2.29. The van der Waals surface area contributed by atoms with E-state index in [0.29, 0.717) is 0 Å². The van der Waals surface area contributed by atoms with Crippen molar-refractivity contribution in [2.75, 3.05) is 17.3 Å². The lowest BCUT2D eigenvalue weighted by atomic mass is 10.0. The molecule has 1 fully saturated rings. The monoisotopic (exact) mass is 354 g/mol. The Balaban J connectivity index is 2.34. The predicted molar refractivity (Wildman–Crippen MR) is 77.7 cm³/mol. The number of hydrogen-bond acceptors (Lipinski definition) is 4. The van der Waals surface area contributed by atoms with Crippen LogP contribution >= 0.6 is 39.5 Å². The van der Waals surface area contributed by atoms with Gasteiger partial charge in [0.2, 0.25) is 0 Å². The van der Waals surface area contributed by atoms with Crippen molar-refractivity contribution in [2.24, 2.45) is 5.84 Å². The van der Waals surface area contributed by atoms with Crippen LogP contribution < -0.4 is 11.3 Å². The molecule has 2 atom stereocenters. The van der Waals surface area contributed by atoms with Crippen LogP contribution in [0.5, 0.6) is 0 Å². The van der Waals surface area contributed by atoms with E-state index >= 15 is 0 Å². The van der Waals surface area contributed by atoms with Crippen molar-refractivity contribution in [3.05, 3.63) is 33.8 Å². The van der Waals surface area contributed by atoms with Crippen LogP contribution in [0.4, 0.5) is 8.78 Å². The Bertz CT molecular complexity index is 428. The van der Waals surface area contributed by atoms with Gasteiger partial charge in [-0.2, -0.15) is 23.5 Å². The molecule has 0 spiro atoms. The summed E-state index contributed by atoms with van der Waals surface area (Å²) in [6, 6.07) is 2.11. The van der Waals surface area contributed by atoms with Gasteiger partial charge in [-0.25, -0.2) is 8.78 Å². The quantitative estimate of drug-likeness (QED) is 0.497. The minimum atomic E-state index is -0.575. The maximum Gasteiger partial charge on any atom is 0.145 e. The molecule has 1 aromatic rings. The summed E-state index contributed by atoms with van der Waals surface area (Å²) < 4.78 is 28.2. The van der Waals surface area contributed by atoms with Crippen LogP contribution in [0.2, 0.25) is 0 Å². The first-order valence-electron chi connectivity index (χ1n) is 5.44. The van der Waals surface area contributed by atoms with Crippen LogP contribution in [-0.2, 0) is 0 Å².